The standard InChI is InChI=1S/C8H8F2NO/c1-11-6-2-4-7(5-3-6)12-8(9)10/h2-5,8H,1H3/q-1. The second-order valence-corrected chi connectivity index (χ2v) is 2.10. The third-order valence-corrected chi connectivity index (χ3v) is 1.32. The van der Waals surface area contributed by atoms with Gasteiger partial charge in [0.25, 0.3) is 0 Å². The quantitative estimate of drug-likeness (QED) is 0.687. The van der Waals surface area contributed by atoms with E-state index in [0.29, 0.717) is 0 Å². The van der Waals surface area contributed by atoms with Crippen molar-refractivity contribution < 1.29 is 13.5 Å². The monoisotopic (exact) mass is 172 g/mol. The summed E-state index contributed by atoms with van der Waals surface area (Å²) >= 11 is 0. The smallest absolute Gasteiger partial charge is 0.387 e. The van der Waals surface area contributed by atoms with Crippen LogP contribution in [0.3, 0.4) is 0 Å². The molecule has 0 heterocycles. The Kier molecular flexibility index (Phi) is 2.85. The highest BCUT2D eigenvalue weighted by Crippen LogP contribution is 2.21. The van der Waals surface area contributed by atoms with Gasteiger partial charge >= 0.3 is 6.61 Å². The lowest BCUT2D eigenvalue weighted by atomic mass is 10.3. The molecular formula is C8H8F2NO-. The molecule has 2 nitrogen and oxygen atoms in total. The predicted molar refractivity (Wildman–Crippen MR) is 42.0 cm³/mol. The summed E-state index contributed by atoms with van der Waals surface area (Å²) in [6.45, 7) is -2.77. The first kappa shape index (κ1) is 8.77. The number of ether oxygens (including phenoxy) is 1. The van der Waals surface area contributed by atoms with Crippen molar-refractivity contribution in [3.63, 3.8) is 0 Å². The van der Waals surface area contributed by atoms with Crippen LogP contribution in [0.4, 0.5) is 14.5 Å². The van der Waals surface area contributed by atoms with E-state index in [1.54, 1.807) is 19.2 Å². The molecule has 0 aliphatic carbocycles. The number of alkyl halides is 2. The zero-order chi connectivity index (χ0) is 8.97. The van der Waals surface area contributed by atoms with Gasteiger partial charge in [-0.1, -0.05) is 12.1 Å². The molecule has 1 aromatic carbocycles. The minimum Gasteiger partial charge on any atom is -0.687 e. The van der Waals surface area contributed by atoms with Gasteiger partial charge in [-0.05, 0) is 12.1 Å². The van der Waals surface area contributed by atoms with E-state index in [0.717, 1.165) is 5.69 Å². The molecule has 0 amide bonds. The maximum atomic E-state index is 11.7. The van der Waals surface area contributed by atoms with Crippen LogP contribution >= 0.6 is 0 Å². The Morgan fingerprint density at radius 1 is 1.25 bits per heavy atom. The second-order valence-electron chi connectivity index (χ2n) is 2.10. The lowest BCUT2D eigenvalue weighted by Crippen LogP contribution is -2.01. The van der Waals surface area contributed by atoms with Gasteiger partial charge in [0.1, 0.15) is 5.75 Å². The van der Waals surface area contributed by atoms with Crippen LogP contribution in [0.15, 0.2) is 24.3 Å². The van der Waals surface area contributed by atoms with Crippen molar-refractivity contribution in [1.82, 2.24) is 0 Å². The number of rotatable bonds is 3. The molecule has 0 unspecified atom stereocenters. The van der Waals surface area contributed by atoms with E-state index in [1.165, 1.54) is 12.1 Å². The number of halogens is 2. The normalized spacial score (nSPS) is 10.0. The van der Waals surface area contributed by atoms with Gasteiger partial charge in [0, 0.05) is 0 Å². The molecule has 0 aliphatic rings. The van der Waals surface area contributed by atoms with Crippen molar-refractivity contribution in [3.8, 4) is 5.75 Å². The Morgan fingerprint density at radius 2 is 1.83 bits per heavy atom. The molecule has 0 aliphatic heterocycles. The van der Waals surface area contributed by atoms with Crippen LogP contribution in [0, 0.1) is 0 Å². The average molecular weight is 172 g/mol. The molecule has 4 heteroatoms. The molecule has 0 saturated heterocycles. The summed E-state index contributed by atoms with van der Waals surface area (Å²) in [4.78, 5) is 0. The molecule has 0 bridgehead atoms. The van der Waals surface area contributed by atoms with Crippen LogP contribution in [0.25, 0.3) is 5.32 Å². The number of nitrogens with zero attached hydrogens (tertiary/aromatic N) is 1. The van der Waals surface area contributed by atoms with Crippen molar-refractivity contribution in [2.75, 3.05) is 7.05 Å². The van der Waals surface area contributed by atoms with E-state index >= 15 is 0 Å². The third-order valence-electron chi connectivity index (χ3n) is 1.32. The summed E-state index contributed by atoms with van der Waals surface area (Å²) < 4.78 is 27.5. The summed E-state index contributed by atoms with van der Waals surface area (Å²) in [5.41, 5.74) is 0.733. The zero-order valence-corrected chi connectivity index (χ0v) is 6.50. The fourth-order valence-corrected chi connectivity index (χ4v) is 0.777. The molecule has 0 spiro atoms. The lowest BCUT2D eigenvalue weighted by molar-refractivity contribution is -0.0498. The van der Waals surface area contributed by atoms with E-state index < -0.39 is 6.61 Å². The molecule has 0 saturated carbocycles. The predicted octanol–water partition coefficient (Wildman–Crippen LogP) is 2.92. The number of hydrogen-bond donors (Lipinski definition) is 0. The second kappa shape index (κ2) is 3.90. The molecule has 1 rings (SSSR count). The van der Waals surface area contributed by atoms with Gasteiger partial charge in [-0.2, -0.15) is 8.78 Å². The van der Waals surface area contributed by atoms with Crippen molar-refractivity contribution in [1.29, 1.82) is 0 Å². The van der Waals surface area contributed by atoms with Crippen molar-refractivity contribution in [2.45, 2.75) is 6.61 Å². The van der Waals surface area contributed by atoms with Gasteiger partial charge in [-0.25, -0.2) is 0 Å². The molecule has 0 radical (unpaired) electrons. The van der Waals surface area contributed by atoms with Crippen molar-refractivity contribution in [2.24, 2.45) is 0 Å². The molecule has 12 heavy (non-hydrogen) atoms. The van der Waals surface area contributed by atoms with E-state index in [1.807, 2.05) is 0 Å². The van der Waals surface area contributed by atoms with Crippen LogP contribution in [-0.4, -0.2) is 13.7 Å². The highest BCUT2D eigenvalue weighted by Gasteiger charge is 2.01. The summed E-state index contributed by atoms with van der Waals surface area (Å²) in [6, 6.07) is 6.12. The van der Waals surface area contributed by atoms with Crippen LogP contribution in [0.2, 0.25) is 0 Å². The highest BCUT2D eigenvalue weighted by atomic mass is 19.3. The first-order valence-electron chi connectivity index (χ1n) is 3.37. The van der Waals surface area contributed by atoms with Crippen LogP contribution in [-0.2, 0) is 0 Å². The maximum Gasteiger partial charge on any atom is 0.387 e. The van der Waals surface area contributed by atoms with Crippen molar-refractivity contribution >= 4 is 5.69 Å². The molecule has 0 fully saturated rings. The van der Waals surface area contributed by atoms with E-state index in [9.17, 15) is 8.78 Å². The largest absolute Gasteiger partial charge is 0.687 e. The summed E-state index contributed by atoms with van der Waals surface area (Å²) in [5.74, 6) is 0.150. The fraction of sp³-hybridized carbons (Fsp3) is 0.250. The minimum atomic E-state index is -2.77. The topological polar surface area (TPSA) is 23.3 Å². The van der Waals surface area contributed by atoms with Gasteiger partial charge in [0.2, 0.25) is 0 Å². The Labute approximate surface area is 69.2 Å². The molecule has 0 atom stereocenters. The Morgan fingerprint density at radius 3 is 2.25 bits per heavy atom. The Hall–Kier alpha value is -1.32. The lowest BCUT2D eigenvalue weighted by Gasteiger charge is -2.13. The maximum absolute atomic E-state index is 11.7. The number of benzene rings is 1. The Bertz CT molecular complexity index is 235. The number of hydrogen-bond acceptors (Lipinski definition) is 1. The SMILES string of the molecule is C[N-]c1ccc(OC(F)F)cc1. The molecule has 0 aromatic heterocycles. The van der Waals surface area contributed by atoms with Crippen LogP contribution < -0.4 is 4.74 Å². The summed E-state index contributed by atoms with van der Waals surface area (Å²) in [6.07, 6.45) is 0. The molecule has 0 N–H and O–H groups in total. The molecule has 66 valence electrons. The first-order valence-corrected chi connectivity index (χ1v) is 3.37. The Balaban J connectivity index is 2.65. The third kappa shape index (κ3) is 2.38. The van der Waals surface area contributed by atoms with Crippen LogP contribution in [0.5, 0.6) is 5.75 Å². The van der Waals surface area contributed by atoms with Crippen LogP contribution in [0.1, 0.15) is 0 Å². The van der Waals surface area contributed by atoms with Gasteiger partial charge in [0.05, 0.1) is 0 Å². The van der Waals surface area contributed by atoms with Gasteiger partial charge in [-0.15, -0.1) is 12.7 Å². The van der Waals surface area contributed by atoms with E-state index in [2.05, 4.69) is 10.1 Å². The van der Waals surface area contributed by atoms with Gasteiger partial charge in [0.15, 0.2) is 0 Å². The fourth-order valence-electron chi connectivity index (χ4n) is 0.777. The highest BCUT2D eigenvalue weighted by molar-refractivity contribution is 5.49. The minimum absolute atomic E-state index is 0.150. The summed E-state index contributed by atoms with van der Waals surface area (Å²) in [7, 11) is 1.63. The zero-order valence-electron chi connectivity index (χ0n) is 6.50. The average Bonchev–Trinajstić information content (AvgIpc) is 2.05. The van der Waals surface area contributed by atoms with Gasteiger partial charge < -0.3 is 10.1 Å². The molecular weight excluding hydrogens is 164 g/mol. The van der Waals surface area contributed by atoms with E-state index in [-0.39, 0.29) is 5.75 Å². The summed E-state index contributed by atoms with van der Waals surface area (Å²) in [5, 5.41) is 3.85. The first-order chi connectivity index (χ1) is 5.72. The molecule has 1 aromatic rings. The van der Waals surface area contributed by atoms with E-state index in [4.69, 9.17) is 0 Å². The van der Waals surface area contributed by atoms with Crippen molar-refractivity contribution in [3.05, 3.63) is 29.6 Å². The van der Waals surface area contributed by atoms with Gasteiger partial charge in [-0.3, -0.25) is 0 Å².